The molecule has 0 unspecified atom stereocenters. The van der Waals surface area contributed by atoms with Crippen LogP contribution in [0.15, 0.2) is 40.0 Å². The Morgan fingerprint density at radius 2 is 2.18 bits per heavy atom. The molecule has 3 rings (SSSR count). The Hall–Kier alpha value is -1.95. The predicted octanol–water partition coefficient (Wildman–Crippen LogP) is 2.41. The van der Waals surface area contributed by atoms with Crippen LogP contribution in [0.1, 0.15) is 11.5 Å². The van der Waals surface area contributed by atoms with Gasteiger partial charge in [-0.25, -0.2) is 0 Å². The Bertz CT molecular complexity index is 580. The molecule has 0 aliphatic carbocycles. The van der Waals surface area contributed by atoms with E-state index in [0.29, 0.717) is 11.6 Å². The molecule has 1 aromatic heterocycles. The maximum Gasteiger partial charge on any atom is 0.278 e. The summed E-state index contributed by atoms with van der Waals surface area (Å²) in [6, 6.07) is 7.63. The van der Waals surface area contributed by atoms with Gasteiger partial charge in [0.15, 0.2) is 17.8 Å². The third-order valence-electron chi connectivity index (χ3n) is 2.48. The van der Waals surface area contributed by atoms with Gasteiger partial charge in [-0.2, -0.15) is 4.98 Å². The second-order valence-electron chi connectivity index (χ2n) is 3.53. The van der Waals surface area contributed by atoms with E-state index >= 15 is 0 Å². The minimum absolute atomic E-state index is 0.158. The van der Waals surface area contributed by atoms with Gasteiger partial charge in [-0.1, -0.05) is 17.3 Å². The number of rotatable bonds is 1. The molecule has 0 spiro atoms. The molecule has 86 valence electrons. The van der Waals surface area contributed by atoms with Crippen molar-refractivity contribution in [3.8, 4) is 0 Å². The molecule has 1 aliphatic heterocycles. The zero-order valence-electron chi connectivity index (χ0n) is 8.99. The van der Waals surface area contributed by atoms with Gasteiger partial charge < -0.3 is 13.9 Å². The smallest absolute Gasteiger partial charge is 0.278 e. The minimum atomic E-state index is 0.158. The highest BCUT2D eigenvalue weighted by Gasteiger charge is 2.27. The fourth-order valence-corrected chi connectivity index (χ4v) is 2.68. The van der Waals surface area contributed by atoms with Crippen LogP contribution in [0.2, 0.25) is 0 Å². The molecule has 0 bridgehead atoms. The maximum absolute atomic E-state index is 10.3. The SMILES string of the molecule is CN1Sc2ccccc2C(O)=C1c1ncno1. The van der Waals surface area contributed by atoms with Gasteiger partial charge in [0.1, 0.15) is 0 Å². The van der Waals surface area contributed by atoms with E-state index in [0.717, 1.165) is 10.5 Å². The van der Waals surface area contributed by atoms with E-state index in [9.17, 15) is 5.11 Å². The summed E-state index contributed by atoms with van der Waals surface area (Å²) in [6.07, 6.45) is 1.31. The first-order valence-electron chi connectivity index (χ1n) is 4.99. The van der Waals surface area contributed by atoms with Crippen LogP contribution in [-0.4, -0.2) is 26.6 Å². The molecule has 1 aromatic carbocycles. The Labute approximate surface area is 102 Å². The molecule has 6 heteroatoms. The first-order chi connectivity index (χ1) is 8.27. The highest BCUT2D eigenvalue weighted by molar-refractivity contribution is 7.97. The molecule has 5 nitrogen and oxygen atoms in total. The van der Waals surface area contributed by atoms with Crippen molar-refractivity contribution in [1.82, 2.24) is 14.4 Å². The van der Waals surface area contributed by atoms with Gasteiger partial charge >= 0.3 is 0 Å². The summed E-state index contributed by atoms with van der Waals surface area (Å²) in [4.78, 5) is 4.96. The van der Waals surface area contributed by atoms with Crippen LogP contribution < -0.4 is 0 Å². The van der Waals surface area contributed by atoms with Gasteiger partial charge in [0.25, 0.3) is 5.89 Å². The summed E-state index contributed by atoms with van der Waals surface area (Å²) in [5, 5.41) is 13.8. The van der Waals surface area contributed by atoms with Crippen molar-refractivity contribution in [2.75, 3.05) is 7.05 Å². The summed E-state index contributed by atoms with van der Waals surface area (Å²) in [6.45, 7) is 0. The van der Waals surface area contributed by atoms with E-state index in [-0.39, 0.29) is 5.76 Å². The van der Waals surface area contributed by atoms with Gasteiger partial charge in [0.2, 0.25) is 0 Å². The van der Waals surface area contributed by atoms with Crippen molar-refractivity contribution in [2.24, 2.45) is 0 Å². The number of hydrogen-bond donors (Lipinski definition) is 1. The number of nitrogens with zero attached hydrogens (tertiary/aromatic N) is 3. The lowest BCUT2D eigenvalue weighted by molar-refractivity contribution is 0.396. The lowest BCUT2D eigenvalue weighted by Crippen LogP contribution is -2.15. The molecule has 0 radical (unpaired) electrons. The average molecular weight is 247 g/mol. The number of benzene rings is 1. The Balaban J connectivity index is 2.20. The molecule has 0 saturated heterocycles. The summed E-state index contributed by atoms with van der Waals surface area (Å²) in [5.41, 5.74) is 1.31. The number of hydrogen-bond acceptors (Lipinski definition) is 6. The zero-order chi connectivity index (χ0) is 11.8. The van der Waals surface area contributed by atoms with Crippen molar-refractivity contribution < 1.29 is 9.63 Å². The molecule has 2 aromatic rings. The zero-order valence-corrected chi connectivity index (χ0v) is 9.81. The fourth-order valence-electron chi connectivity index (χ4n) is 1.73. The fraction of sp³-hybridized carbons (Fsp3) is 0.0909. The molecule has 0 fully saturated rings. The second-order valence-corrected chi connectivity index (χ2v) is 4.70. The Morgan fingerprint density at radius 3 is 2.94 bits per heavy atom. The maximum atomic E-state index is 10.3. The molecule has 17 heavy (non-hydrogen) atoms. The molecule has 1 aliphatic rings. The van der Waals surface area contributed by atoms with Gasteiger partial charge in [0, 0.05) is 17.5 Å². The summed E-state index contributed by atoms with van der Waals surface area (Å²) in [5.74, 6) is 0.470. The number of aliphatic hydroxyl groups excluding tert-OH is 1. The number of fused-ring (bicyclic) bond motifs is 1. The largest absolute Gasteiger partial charge is 0.505 e. The standard InChI is InChI=1S/C11H9N3O2S/c1-14-9(11-12-6-13-16-11)10(15)7-4-2-3-5-8(7)17-14/h2-6,15H,1H3. The van der Waals surface area contributed by atoms with Crippen molar-refractivity contribution in [3.05, 3.63) is 42.0 Å². The quantitative estimate of drug-likeness (QED) is 0.781. The number of aliphatic hydroxyl groups is 1. The Kier molecular flexibility index (Phi) is 2.29. The number of aromatic nitrogens is 2. The van der Waals surface area contributed by atoms with Crippen LogP contribution in [0, 0.1) is 0 Å². The topological polar surface area (TPSA) is 62.4 Å². The van der Waals surface area contributed by atoms with Gasteiger partial charge in [0.05, 0.1) is 0 Å². The van der Waals surface area contributed by atoms with E-state index in [1.165, 1.54) is 18.3 Å². The highest BCUT2D eigenvalue weighted by atomic mass is 32.2. The van der Waals surface area contributed by atoms with E-state index in [2.05, 4.69) is 10.1 Å². The van der Waals surface area contributed by atoms with Crippen molar-refractivity contribution >= 4 is 23.4 Å². The third-order valence-corrected chi connectivity index (χ3v) is 3.49. The average Bonchev–Trinajstić information content (AvgIpc) is 2.83. The van der Waals surface area contributed by atoms with Crippen LogP contribution in [-0.2, 0) is 0 Å². The molecule has 0 atom stereocenters. The lowest BCUT2D eigenvalue weighted by Gasteiger charge is -2.26. The van der Waals surface area contributed by atoms with E-state index in [1.807, 2.05) is 35.6 Å². The van der Waals surface area contributed by atoms with Gasteiger partial charge in [-0.05, 0) is 24.1 Å². The third kappa shape index (κ3) is 1.57. The molecule has 1 N–H and O–H groups in total. The van der Waals surface area contributed by atoms with Crippen molar-refractivity contribution in [3.63, 3.8) is 0 Å². The summed E-state index contributed by atoms with van der Waals surface area (Å²) in [7, 11) is 1.84. The first kappa shape index (κ1) is 10.2. The predicted molar refractivity (Wildman–Crippen MR) is 63.8 cm³/mol. The van der Waals surface area contributed by atoms with E-state index in [1.54, 1.807) is 0 Å². The lowest BCUT2D eigenvalue weighted by atomic mass is 10.1. The van der Waals surface area contributed by atoms with Crippen LogP contribution in [0.25, 0.3) is 11.5 Å². The first-order valence-corrected chi connectivity index (χ1v) is 5.76. The van der Waals surface area contributed by atoms with Crippen LogP contribution in [0.4, 0.5) is 0 Å². The molecule has 0 amide bonds. The van der Waals surface area contributed by atoms with E-state index < -0.39 is 0 Å². The summed E-state index contributed by atoms with van der Waals surface area (Å²) >= 11 is 1.51. The van der Waals surface area contributed by atoms with Crippen molar-refractivity contribution in [2.45, 2.75) is 4.90 Å². The molecule has 0 saturated carbocycles. The highest BCUT2D eigenvalue weighted by Crippen LogP contribution is 2.41. The van der Waals surface area contributed by atoms with Gasteiger partial charge in [-0.15, -0.1) is 0 Å². The normalized spacial score (nSPS) is 15.0. The monoisotopic (exact) mass is 247 g/mol. The summed E-state index contributed by atoms with van der Waals surface area (Å²) < 4.78 is 6.81. The molecular formula is C11H9N3O2S. The molecule has 2 heterocycles. The van der Waals surface area contributed by atoms with Crippen molar-refractivity contribution in [1.29, 1.82) is 0 Å². The van der Waals surface area contributed by atoms with Crippen LogP contribution in [0.3, 0.4) is 0 Å². The van der Waals surface area contributed by atoms with Crippen LogP contribution >= 0.6 is 11.9 Å². The molecular weight excluding hydrogens is 238 g/mol. The Morgan fingerprint density at radius 1 is 1.35 bits per heavy atom. The van der Waals surface area contributed by atoms with Gasteiger partial charge in [-0.3, -0.25) is 0 Å². The minimum Gasteiger partial charge on any atom is -0.505 e. The second kappa shape index (κ2) is 3.81. The van der Waals surface area contributed by atoms with Crippen LogP contribution in [0.5, 0.6) is 0 Å². The van der Waals surface area contributed by atoms with E-state index in [4.69, 9.17) is 4.52 Å².